The van der Waals surface area contributed by atoms with Crippen LogP contribution in [0.25, 0.3) is 0 Å². The molecule has 0 bridgehead atoms. The van der Waals surface area contributed by atoms with Gasteiger partial charge < -0.3 is 5.73 Å². The highest BCUT2D eigenvalue weighted by Gasteiger charge is 2.22. The van der Waals surface area contributed by atoms with Gasteiger partial charge >= 0.3 is 0 Å². The first kappa shape index (κ1) is 14.4. The van der Waals surface area contributed by atoms with Crippen molar-refractivity contribution in [3.8, 4) is 6.07 Å². The van der Waals surface area contributed by atoms with Crippen molar-refractivity contribution in [3.63, 3.8) is 0 Å². The first-order chi connectivity index (χ1) is 9.36. The summed E-state index contributed by atoms with van der Waals surface area (Å²) in [5.41, 5.74) is 7.61. The van der Waals surface area contributed by atoms with Crippen molar-refractivity contribution in [2.24, 2.45) is 0 Å². The third kappa shape index (κ3) is 2.48. The molecular weight excluding hydrogens is 294 g/mol. The van der Waals surface area contributed by atoms with Crippen molar-refractivity contribution >= 4 is 32.0 Å². The Morgan fingerprint density at radius 3 is 2.65 bits per heavy atom. The van der Waals surface area contributed by atoms with E-state index in [4.69, 9.17) is 11.0 Å². The van der Waals surface area contributed by atoms with Crippen LogP contribution in [0.5, 0.6) is 0 Å². The second-order valence-corrected chi connectivity index (χ2v) is 6.84. The van der Waals surface area contributed by atoms with Crippen LogP contribution in [-0.4, -0.2) is 8.42 Å². The number of nitriles is 1. The number of benzene rings is 1. The van der Waals surface area contributed by atoms with Gasteiger partial charge in [0.05, 0.1) is 10.5 Å². The van der Waals surface area contributed by atoms with E-state index in [0.717, 1.165) is 0 Å². The molecule has 0 aliphatic rings. The Morgan fingerprint density at radius 1 is 1.30 bits per heavy atom. The molecular formula is C13H13N3O2S2. The van der Waals surface area contributed by atoms with Crippen LogP contribution < -0.4 is 10.5 Å². The lowest BCUT2D eigenvalue weighted by Gasteiger charge is -2.13. The maximum absolute atomic E-state index is 12.5. The number of nitrogens with zero attached hydrogens (tertiary/aromatic N) is 1. The summed E-state index contributed by atoms with van der Waals surface area (Å²) in [6.45, 7) is 3.37. The van der Waals surface area contributed by atoms with E-state index in [1.807, 2.05) is 6.07 Å². The van der Waals surface area contributed by atoms with Crippen molar-refractivity contribution in [2.45, 2.75) is 18.7 Å². The van der Waals surface area contributed by atoms with Gasteiger partial charge in [0.15, 0.2) is 0 Å². The molecule has 1 aromatic carbocycles. The van der Waals surface area contributed by atoms with E-state index in [0.29, 0.717) is 27.4 Å². The molecule has 0 aliphatic carbocycles. The Hall–Kier alpha value is -2.04. The summed E-state index contributed by atoms with van der Waals surface area (Å²) in [5.74, 6) is 0. The summed E-state index contributed by atoms with van der Waals surface area (Å²) in [6.07, 6.45) is 0. The molecule has 1 heterocycles. The summed E-state index contributed by atoms with van der Waals surface area (Å²) < 4.78 is 27.4. The fourth-order valence-electron chi connectivity index (χ4n) is 1.91. The third-order valence-corrected chi connectivity index (χ3v) is 5.52. The van der Waals surface area contributed by atoms with Gasteiger partial charge in [0.2, 0.25) is 0 Å². The number of nitrogens with two attached hydrogens (primary N) is 1. The molecule has 7 heteroatoms. The number of anilines is 2. The van der Waals surface area contributed by atoms with E-state index < -0.39 is 10.0 Å². The molecule has 0 aliphatic heterocycles. The highest BCUT2D eigenvalue weighted by atomic mass is 32.2. The fourth-order valence-corrected chi connectivity index (χ4v) is 4.48. The summed E-state index contributed by atoms with van der Waals surface area (Å²) in [6, 6.07) is 6.86. The second-order valence-electron chi connectivity index (χ2n) is 4.31. The molecule has 1 aromatic heterocycles. The molecule has 5 nitrogen and oxygen atoms in total. The Labute approximate surface area is 121 Å². The minimum atomic E-state index is -3.77. The highest BCUT2D eigenvalue weighted by molar-refractivity contribution is 7.93. The molecule has 0 radical (unpaired) electrons. The number of sulfonamides is 1. The van der Waals surface area contributed by atoms with E-state index >= 15 is 0 Å². The van der Waals surface area contributed by atoms with Gasteiger partial charge in [0, 0.05) is 5.69 Å². The highest BCUT2D eigenvalue weighted by Crippen LogP contribution is 2.29. The molecule has 0 saturated heterocycles. The Balaban J connectivity index is 2.53. The molecule has 20 heavy (non-hydrogen) atoms. The minimum Gasteiger partial charge on any atom is -0.398 e. The molecule has 2 aromatic rings. The number of rotatable bonds is 3. The first-order valence-electron chi connectivity index (χ1n) is 5.73. The smallest absolute Gasteiger partial charge is 0.263 e. The number of hydrogen-bond donors (Lipinski definition) is 2. The van der Waals surface area contributed by atoms with E-state index in [1.165, 1.54) is 11.3 Å². The van der Waals surface area contributed by atoms with Crippen LogP contribution in [0.15, 0.2) is 28.5 Å². The summed E-state index contributed by atoms with van der Waals surface area (Å²) in [5, 5.41) is 10.9. The lowest BCUT2D eigenvalue weighted by Crippen LogP contribution is -2.16. The Kier molecular flexibility index (Phi) is 3.70. The standard InChI is InChI=1S/C13H13N3O2S2/c1-8-3-4-11(15)9(2)12(8)20(17,18)16-13-10(7-14)5-6-19-13/h3-6,16H,15H2,1-2H3. The number of aryl methyl sites for hydroxylation is 1. The third-order valence-electron chi connectivity index (χ3n) is 2.93. The van der Waals surface area contributed by atoms with Gasteiger partial charge in [0.1, 0.15) is 11.1 Å². The molecule has 0 fully saturated rings. The zero-order valence-electron chi connectivity index (χ0n) is 11.0. The molecule has 0 amide bonds. The molecule has 0 unspecified atom stereocenters. The largest absolute Gasteiger partial charge is 0.398 e. The molecule has 104 valence electrons. The topological polar surface area (TPSA) is 96.0 Å². The van der Waals surface area contributed by atoms with Gasteiger partial charge in [-0.15, -0.1) is 11.3 Å². The van der Waals surface area contributed by atoms with E-state index in [-0.39, 0.29) is 4.90 Å². The summed E-state index contributed by atoms with van der Waals surface area (Å²) in [7, 11) is -3.77. The number of hydrogen-bond acceptors (Lipinski definition) is 5. The van der Waals surface area contributed by atoms with Crippen LogP contribution in [-0.2, 0) is 10.0 Å². The van der Waals surface area contributed by atoms with Crippen LogP contribution in [0.2, 0.25) is 0 Å². The van der Waals surface area contributed by atoms with Crippen LogP contribution >= 0.6 is 11.3 Å². The van der Waals surface area contributed by atoms with Crippen LogP contribution in [0.4, 0.5) is 10.7 Å². The lowest BCUT2D eigenvalue weighted by molar-refractivity contribution is 0.600. The van der Waals surface area contributed by atoms with Crippen molar-refractivity contribution < 1.29 is 8.42 Å². The Morgan fingerprint density at radius 2 is 2.00 bits per heavy atom. The monoisotopic (exact) mass is 307 g/mol. The van der Waals surface area contributed by atoms with Gasteiger partial charge in [-0.2, -0.15) is 5.26 Å². The molecule has 2 rings (SSSR count). The van der Waals surface area contributed by atoms with Gasteiger partial charge in [-0.05, 0) is 42.5 Å². The van der Waals surface area contributed by atoms with Crippen molar-refractivity contribution in [3.05, 3.63) is 40.3 Å². The number of nitrogen functional groups attached to an aromatic ring is 1. The maximum atomic E-state index is 12.5. The molecule has 0 spiro atoms. The van der Waals surface area contributed by atoms with Crippen molar-refractivity contribution in [2.75, 3.05) is 10.5 Å². The fraction of sp³-hybridized carbons (Fsp3) is 0.154. The Bertz CT molecular complexity index is 802. The van der Waals surface area contributed by atoms with Gasteiger partial charge in [-0.3, -0.25) is 4.72 Å². The number of thiophene rings is 1. The van der Waals surface area contributed by atoms with E-state index in [9.17, 15) is 8.42 Å². The maximum Gasteiger partial charge on any atom is 0.263 e. The summed E-state index contributed by atoms with van der Waals surface area (Å²) in [4.78, 5) is 0.162. The van der Waals surface area contributed by atoms with Gasteiger partial charge in [0.25, 0.3) is 10.0 Å². The zero-order valence-corrected chi connectivity index (χ0v) is 12.6. The van der Waals surface area contributed by atoms with Crippen molar-refractivity contribution in [1.82, 2.24) is 0 Å². The predicted octanol–water partition coefficient (Wildman–Crippen LogP) is 2.62. The molecule has 0 atom stereocenters. The average Bonchev–Trinajstić information content (AvgIpc) is 2.80. The molecule has 3 N–H and O–H groups in total. The van der Waals surface area contributed by atoms with Crippen LogP contribution in [0.1, 0.15) is 16.7 Å². The van der Waals surface area contributed by atoms with Gasteiger partial charge in [-0.1, -0.05) is 6.07 Å². The molecule has 0 saturated carbocycles. The van der Waals surface area contributed by atoms with E-state index in [1.54, 1.807) is 37.4 Å². The van der Waals surface area contributed by atoms with E-state index in [2.05, 4.69) is 4.72 Å². The van der Waals surface area contributed by atoms with Crippen molar-refractivity contribution in [1.29, 1.82) is 5.26 Å². The first-order valence-corrected chi connectivity index (χ1v) is 8.09. The number of nitrogens with one attached hydrogen (secondary N) is 1. The second kappa shape index (κ2) is 5.15. The average molecular weight is 307 g/mol. The minimum absolute atomic E-state index is 0.162. The lowest BCUT2D eigenvalue weighted by atomic mass is 10.1. The SMILES string of the molecule is Cc1ccc(N)c(C)c1S(=O)(=O)Nc1sccc1C#N. The predicted molar refractivity (Wildman–Crippen MR) is 80.2 cm³/mol. The van der Waals surface area contributed by atoms with Crippen LogP contribution in [0, 0.1) is 25.2 Å². The van der Waals surface area contributed by atoms with Gasteiger partial charge in [-0.25, -0.2) is 8.42 Å². The quantitative estimate of drug-likeness (QED) is 0.852. The zero-order chi connectivity index (χ0) is 14.9. The normalized spacial score (nSPS) is 11.1. The summed E-state index contributed by atoms with van der Waals surface area (Å²) >= 11 is 1.17. The van der Waals surface area contributed by atoms with Crippen LogP contribution in [0.3, 0.4) is 0 Å².